The molecule has 0 aromatic carbocycles. The molecule has 0 rings (SSSR count). The Balaban J connectivity index is 3.47. The average Bonchev–Trinajstić information content (AvgIpc) is 3.13. The number of rotatable bonds is 41. The third-order valence-corrected chi connectivity index (χ3v) is 10.4. The zero-order chi connectivity index (χ0) is 37.1. The van der Waals surface area contributed by atoms with E-state index in [9.17, 15) is 15.0 Å². The van der Waals surface area contributed by atoms with E-state index in [2.05, 4.69) is 43.5 Å². The SMILES string of the molecule is CCCCCCCCCC/C=C/C(O)C(CO)NC(=O)CCCCCCCCCCCCCCC/C=C\C/C=C\CCCCCCCCCCC. The molecule has 0 fully saturated rings. The summed E-state index contributed by atoms with van der Waals surface area (Å²) in [6.07, 6.45) is 57.0. The molecule has 0 aliphatic rings. The minimum absolute atomic E-state index is 0.0662. The largest absolute Gasteiger partial charge is 0.394 e. The Morgan fingerprint density at radius 1 is 0.471 bits per heavy atom. The van der Waals surface area contributed by atoms with Gasteiger partial charge in [-0.15, -0.1) is 0 Å². The zero-order valence-corrected chi connectivity index (χ0v) is 34.4. The minimum atomic E-state index is -0.836. The lowest BCUT2D eigenvalue weighted by atomic mass is 10.0. The van der Waals surface area contributed by atoms with Crippen molar-refractivity contribution in [1.29, 1.82) is 0 Å². The first kappa shape index (κ1) is 49.6. The minimum Gasteiger partial charge on any atom is -0.394 e. The summed E-state index contributed by atoms with van der Waals surface area (Å²) < 4.78 is 0. The summed E-state index contributed by atoms with van der Waals surface area (Å²) in [6.45, 7) is 4.29. The fourth-order valence-corrected chi connectivity index (χ4v) is 6.86. The summed E-state index contributed by atoms with van der Waals surface area (Å²) in [5, 5.41) is 22.9. The van der Waals surface area contributed by atoms with Gasteiger partial charge in [0.2, 0.25) is 5.91 Å². The molecule has 0 aliphatic carbocycles. The second-order valence-electron chi connectivity index (χ2n) is 15.5. The summed E-state index contributed by atoms with van der Waals surface area (Å²) in [5.74, 6) is -0.0662. The van der Waals surface area contributed by atoms with Gasteiger partial charge in [-0.3, -0.25) is 4.79 Å². The molecule has 0 radical (unpaired) electrons. The highest BCUT2D eigenvalue weighted by Crippen LogP contribution is 2.15. The Bertz CT molecular complexity index is 775. The molecule has 300 valence electrons. The molecule has 3 N–H and O–H groups in total. The maximum absolute atomic E-state index is 12.3. The smallest absolute Gasteiger partial charge is 0.220 e. The van der Waals surface area contributed by atoms with Crippen LogP contribution >= 0.6 is 0 Å². The Labute approximate surface area is 319 Å². The van der Waals surface area contributed by atoms with Crippen LogP contribution in [-0.2, 0) is 4.79 Å². The van der Waals surface area contributed by atoms with E-state index in [0.717, 1.165) is 32.1 Å². The first-order chi connectivity index (χ1) is 25.2. The monoisotopic (exact) mass is 716 g/mol. The Morgan fingerprint density at radius 3 is 1.18 bits per heavy atom. The zero-order valence-electron chi connectivity index (χ0n) is 34.4. The Kier molecular flexibility index (Phi) is 41.8. The van der Waals surface area contributed by atoms with E-state index >= 15 is 0 Å². The van der Waals surface area contributed by atoms with Crippen LogP contribution in [0.15, 0.2) is 36.5 Å². The molecule has 0 aromatic rings. The predicted molar refractivity (Wildman–Crippen MR) is 225 cm³/mol. The molecule has 0 spiro atoms. The summed E-state index contributed by atoms with van der Waals surface area (Å²) >= 11 is 0. The quantitative estimate of drug-likeness (QED) is 0.0436. The number of hydrogen-bond acceptors (Lipinski definition) is 3. The topological polar surface area (TPSA) is 69.6 Å². The van der Waals surface area contributed by atoms with E-state index in [1.165, 1.54) is 186 Å². The van der Waals surface area contributed by atoms with E-state index in [-0.39, 0.29) is 12.5 Å². The lowest BCUT2D eigenvalue weighted by Gasteiger charge is -2.20. The lowest BCUT2D eigenvalue weighted by molar-refractivity contribution is -0.123. The van der Waals surface area contributed by atoms with Crippen molar-refractivity contribution >= 4 is 5.91 Å². The van der Waals surface area contributed by atoms with Gasteiger partial charge in [0.25, 0.3) is 0 Å². The number of aliphatic hydroxyl groups excluding tert-OH is 2. The number of amides is 1. The van der Waals surface area contributed by atoms with Gasteiger partial charge in [0, 0.05) is 6.42 Å². The van der Waals surface area contributed by atoms with Gasteiger partial charge in [-0.05, 0) is 51.4 Å². The second kappa shape index (κ2) is 43.0. The number of carbonyl (C=O) groups is 1. The van der Waals surface area contributed by atoms with Gasteiger partial charge in [0.1, 0.15) is 0 Å². The number of aliphatic hydroxyl groups is 2. The van der Waals surface area contributed by atoms with Gasteiger partial charge >= 0.3 is 0 Å². The molecule has 0 aromatic heterocycles. The van der Waals surface area contributed by atoms with Crippen molar-refractivity contribution < 1.29 is 15.0 Å². The third-order valence-electron chi connectivity index (χ3n) is 10.4. The number of hydrogen-bond donors (Lipinski definition) is 3. The summed E-state index contributed by atoms with van der Waals surface area (Å²) in [5.41, 5.74) is 0. The first-order valence-corrected chi connectivity index (χ1v) is 22.7. The van der Waals surface area contributed by atoms with E-state index in [1.807, 2.05) is 6.08 Å². The van der Waals surface area contributed by atoms with Crippen LogP contribution in [0.25, 0.3) is 0 Å². The van der Waals surface area contributed by atoms with Gasteiger partial charge in [0.05, 0.1) is 18.8 Å². The molecule has 0 heterocycles. The van der Waals surface area contributed by atoms with Crippen molar-refractivity contribution in [2.45, 2.75) is 251 Å². The summed E-state index contributed by atoms with van der Waals surface area (Å²) in [4.78, 5) is 12.3. The van der Waals surface area contributed by atoms with Gasteiger partial charge in [-0.1, -0.05) is 217 Å². The Morgan fingerprint density at radius 2 is 0.804 bits per heavy atom. The molecule has 1 amide bonds. The van der Waals surface area contributed by atoms with Gasteiger partial charge in [-0.2, -0.15) is 0 Å². The van der Waals surface area contributed by atoms with Gasteiger partial charge in [0.15, 0.2) is 0 Å². The lowest BCUT2D eigenvalue weighted by Crippen LogP contribution is -2.45. The fraction of sp³-hybridized carbons (Fsp3) is 0.851. The number of nitrogens with one attached hydrogen (secondary N) is 1. The van der Waals surface area contributed by atoms with E-state index < -0.39 is 12.1 Å². The third kappa shape index (κ3) is 39.6. The second-order valence-corrected chi connectivity index (χ2v) is 15.5. The fourth-order valence-electron chi connectivity index (χ4n) is 6.86. The highest BCUT2D eigenvalue weighted by Gasteiger charge is 2.17. The van der Waals surface area contributed by atoms with Crippen LogP contribution in [0.5, 0.6) is 0 Å². The predicted octanol–water partition coefficient (Wildman–Crippen LogP) is 14.2. The van der Waals surface area contributed by atoms with Crippen molar-refractivity contribution in [3.8, 4) is 0 Å². The van der Waals surface area contributed by atoms with Crippen molar-refractivity contribution in [1.82, 2.24) is 5.32 Å². The molecule has 2 atom stereocenters. The van der Waals surface area contributed by atoms with Crippen LogP contribution in [0.1, 0.15) is 239 Å². The van der Waals surface area contributed by atoms with E-state index in [4.69, 9.17) is 0 Å². The van der Waals surface area contributed by atoms with E-state index in [0.29, 0.717) is 6.42 Å². The maximum Gasteiger partial charge on any atom is 0.220 e. The molecule has 0 saturated carbocycles. The Hall–Kier alpha value is -1.39. The molecule has 51 heavy (non-hydrogen) atoms. The van der Waals surface area contributed by atoms with Gasteiger partial charge < -0.3 is 15.5 Å². The molecule has 2 unspecified atom stereocenters. The number of allylic oxidation sites excluding steroid dienone is 5. The first-order valence-electron chi connectivity index (χ1n) is 22.7. The normalized spacial score (nSPS) is 13.3. The van der Waals surface area contributed by atoms with Crippen molar-refractivity contribution in [2.75, 3.05) is 6.61 Å². The van der Waals surface area contributed by atoms with Crippen molar-refractivity contribution in [2.24, 2.45) is 0 Å². The molecule has 0 saturated heterocycles. The van der Waals surface area contributed by atoms with Crippen molar-refractivity contribution in [3.63, 3.8) is 0 Å². The standard InChI is InChI=1S/C47H89NO3/c1-3-5-7-9-11-13-15-16-17-18-19-20-21-22-23-24-25-26-27-28-29-30-31-32-33-35-37-39-41-43-47(51)48-45(44-49)46(50)42-40-38-36-34-14-12-10-8-6-4-2/h19-20,22-23,40,42,45-46,49-50H,3-18,21,24-39,41,43-44H2,1-2H3,(H,48,51)/b20-19-,23-22-,42-40+. The highest BCUT2D eigenvalue weighted by atomic mass is 16.3. The van der Waals surface area contributed by atoms with Crippen LogP contribution in [0.2, 0.25) is 0 Å². The van der Waals surface area contributed by atoms with Crippen LogP contribution in [0.3, 0.4) is 0 Å². The molecule has 4 heteroatoms. The number of carbonyl (C=O) groups excluding carboxylic acids is 1. The summed E-state index contributed by atoms with van der Waals surface area (Å²) in [6, 6.07) is -0.619. The molecule has 0 bridgehead atoms. The summed E-state index contributed by atoms with van der Waals surface area (Å²) in [7, 11) is 0. The van der Waals surface area contributed by atoms with Gasteiger partial charge in [-0.25, -0.2) is 0 Å². The molecular formula is C47H89NO3. The molecular weight excluding hydrogens is 627 g/mol. The number of unbranched alkanes of at least 4 members (excludes halogenated alkanes) is 30. The van der Waals surface area contributed by atoms with Crippen LogP contribution in [-0.4, -0.2) is 34.9 Å². The average molecular weight is 716 g/mol. The van der Waals surface area contributed by atoms with E-state index in [1.54, 1.807) is 6.08 Å². The van der Waals surface area contributed by atoms with Crippen molar-refractivity contribution in [3.05, 3.63) is 36.5 Å². The molecule has 0 aliphatic heterocycles. The molecule has 4 nitrogen and oxygen atoms in total. The van der Waals surface area contributed by atoms with Crippen LogP contribution in [0.4, 0.5) is 0 Å². The van der Waals surface area contributed by atoms with Crippen LogP contribution in [0, 0.1) is 0 Å². The highest BCUT2D eigenvalue weighted by molar-refractivity contribution is 5.76. The van der Waals surface area contributed by atoms with Crippen LogP contribution < -0.4 is 5.32 Å². The maximum atomic E-state index is 12.3.